The minimum Gasteiger partial charge on any atom is -0.492 e. The predicted octanol–water partition coefficient (Wildman–Crippen LogP) is 1.71. The fourth-order valence-electron chi connectivity index (χ4n) is 1.10. The highest BCUT2D eigenvalue weighted by Crippen LogP contribution is 2.23. The van der Waals surface area contributed by atoms with Crippen LogP contribution in [0.25, 0.3) is 0 Å². The monoisotopic (exact) mass is 222 g/mol. The number of carbonyl (C=O) groups is 2. The van der Waals surface area contributed by atoms with Crippen molar-refractivity contribution in [3.8, 4) is 5.75 Å². The van der Waals surface area contributed by atoms with Gasteiger partial charge in [-0.3, -0.25) is 9.69 Å². The largest absolute Gasteiger partial charge is 0.492 e. The first kappa shape index (κ1) is 12.0. The molecule has 5 nitrogen and oxygen atoms in total. The van der Waals surface area contributed by atoms with Crippen LogP contribution in [-0.2, 0) is 4.79 Å². The maximum absolute atomic E-state index is 11.4. The molecule has 0 atom stereocenters. The molecule has 0 aliphatic carbocycles. The second-order valence-corrected chi connectivity index (χ2v) is 3.08. The minimum absolute atomic E-state index is 0.443. The molecular weight excluding hydrogens is 208 g/mol. The number of carbonyl (C=O) groups excluding carboxylic acids is 2. The molecule has 0 saturated heterocycles. The SMILES string of the molecule is CCOc1ccccc1NC(=O)N(C)C=O. The predicted molar refractivity (Wildman–Crippen MR) is 60.5 cm³/mol. The van der Waals surface area contributed by atoms with E-state index >= 15 is 0 Å². The Morgan fingerprint density at radius 1 is 1.50 bits per heavy atom. The molecule has 1 N–H and O–H groups in total. The standard InChI is InChI=1S/C11H14N2O3/c1-3-16-10-7-5-4-6-9(10)12-11(15)13(2)8-14/h4-8H,3H2,1-2H3,(H,12,15). The van der Waals surface area contributed by atoms with E-state index in [1.807, 2.05) is 13.0 Å². The van der Waals surface area contributed by atoms with Gasteiger partial charge < -0.3 is 10.1 Å². The first-order valence-corrected chi connectivity index (χ1v) is 4.90. The number of nitrogens with one attached hydrogen (secondary N) is 1. The lowest BCUT2D eigenvalue weighted by Crippen LogP contribution is -2.30. The number of nitrogens with zero attached hydrogens (tertiary/aromatic N) is 1. The van der Waals surface area contributed by atoms with E-state index in [1.54, 1.807) is 18.2 Å². The Labute approximate surface area is 94.0 Å². The van der Waals surface area contributed by atoms with Gasteiger partial charge in [-0.25, -0.2) is 4.79 Å². The maximum atomic E-state index is 11.4. The van der Waals surface area contributed by atoms with Crippen LogP contribution in [0.2, 0.25) is 0 Å². The summed E-state index contributed by atoms with van der Waals surface area (Å²) in [5.74, 6) is 0.581. The molecule has 0 saturated carbocycles. The van der Waals surface area contributed by atoms with Crippen molar-refractivity contribution in [2.24, 2.45) is 0 Å². The first-order valence-electron chi connectivity index (χ1n) is 4.90. The third kappa shape index (κ3) is 2.98. The molecule has 5 heteroatoms. The Hall–Kier alpha value is -2.04. The van der Waals surface area contributed by atoms with Crippen LogP contribution >= 0.6 is 0 Å². The van der Waals surface area contributed by atoms with Crippen LogP contribution in [0.1, 0.15) is 6.92 Å². The van der Waals surface area contributed by atoms with Gasteiger partial charge in [0.05, 0.1) is 12.3 Å². The molecule has 1 aromatic carbocycles. The molecule has 0 aliphatic heterocycles. The van der Waals surface area contributed by atoms with Crippen molar-refractivity contribution in [1.82, 2.24) is 4.90 Å². The number of urea groups is 1. The van der Waals surface area contributed by atoms with Gasteiger partial charge in [-0.15, -0.1) is 0 Å². The second kappa shape index (κ2) is 5.75. The van der Waals surface area contributed by atoms with E-state index < -0.39 is 6.03 Å². The van der Waals surface area contributed by atoms with Gasteiger partial charge in [-0.1, -0.05) is 12.1 Å². The zero-order chi connectivity index (χ0) is 12.0. The number of para-hydroxylation sites is 2. The molecule has 16 heavy (non-hydrogen) atoms. The summed E-state index contributed by atoms with van der Waals surface area (Å²) in [5.41, 5.74) is 0.544. The summed E-state index contributed by atoms with van der Waals surface area (Å²) in [6, 6.07) is 6.55. The zero-order valence-corrected chi connectivity index (χ0v) is 9.27. The number of hydrogen-bond acceptors (Lipinski definition) is 3. The lowest BCUT2D eigenvalue weighted by atomic mass is 10.3. The fourth-order valence-corrected chi connectivity index (χ4v) is 1.10. The Kier molecular flexibility index (Phi) is 4.32. The molecule has 86 valence electrons. The van der Waals surface area contributed by atoms with Crippen LogP contribution < -0.4 is 10.1 Å². The van der Waals surface area contributed by atoms with Crippen molar-refractivity contribution >= 4 is 18.1 Å². The van der Waals surface area contributed by atoms with Crippen LogP contribution in [0.4, 0.5) is 10.5 Å². The van der Waals surface area contributed by atoms with Gasteiger partial charge in [0.15, 0.2) is 0 Å². The van der Waals surface area contributed by atoms with Gasteiger partial charge in [0, 0.05) is 7.05 Å². The highest BCUT2D eigenvalue weighted by atomic mass is 16.5. The normalized spacial score (nSPS) is 9.38. The van der Waals surface area contributed by atoms with E-state index in [-0.39, 0.29) is 0 Å². The molecule has 0 aromatic heterocycles. The molecule has 0 aliphatic rings. The number of anilines is 1. The quantitative estimate of drug-likeness (QED) is 0.789. The van der Waals surface area contributed by atoms with Crippen LogP contribution in [0.5, 0.6) is 5.75 Å². The Morgan fingerprint density at radius 3 is 2.81 bits per heavy atom. The number of ether oxygens (including phenoxy) is 1. The highest BCUT2D eigenvalue weighted by Gasteiger charge is 2.10. The number of amides is 3. The molecule has 3 amide bonds. The maximum Gasteiger partial charge on any atom is 0.328 e. The molecule has 0 spiro atoms. The molecule has 0 fully saturated rings. The Bertz CT molecular complexity index is 379. The summed E-state index contributed by atoms with van der Waals surface area (Å²) in [7, 11) is 1.38. The highest BCUT2D eigenvalue weighted by molar-refractivity contribution is 5.96. The second-order valence-electron chi connectivity index (χ2n) is 3.08. The Balaban J connectivity index is 2.79. The van der Waals surface area contributed by atoms with Gasteiger partial charge in [0.2, 0.25) is 6.41 Å². The smallest absolute Gasteiger partial charge is 0.328 e. The van der Waals surface area contributed by atoms with Crippen LogP contribution in [0, 0.1) is 0 Å². The van der Waals surface area contributed by atoms with E-state index in [9.17, 15) is 9.59 Å². The lowest BCUT2D eigenvalue weighted by Gasteiger charge is -2.13. The summed E-state index contributed by atoms with van der Waals surface area (Å²) in [6.45, 7) is 2.37. The molecule has 0 unspecified atom stereocenters. The number of hydrogen-bond donors (Lipinski definition) is 1. The van der Waals surface area contributed by atoms with Gasteiger partial charge in [-0.2, -0.15) is 0 Å². The minimum atomic E-state index is -0.498. The number of imide groups is 1. The van der Waals surface area contributed by atoms with Crippen LogP contribution in [0.15, 0.2) is 24.3 Å². The molecular formula is C11H14N2O3. The van der Waals surface area contributed by atoms with E-state index in [4.69, 9.17) is 4.74 Å². The molecule has 1 aromatic rings. The molecule has 0 heterocycles. The summed E-state index contributed by atoms with van der Waals surface area (Å²) in [4.78, 5) is 22.7. The molecule has 0 bridgehead atoms. The average Bonchev–Trinajstić information content (AvgIpc) is 2.31. The van der Waals surface area contributed by atoms with E-state index in [0.717, 1.165) is 4.90 Å². The van der Waals surface area contributed by atoms with Crippen molar-refractivity contribution in [3.63, 3.8) is 0 Å². The first-order chi connectivity index (χ1) is 7.69. The fraction of sp³-hybridized carbons (Fsp3) is 0.273. The summed E-state index contributed by atoms with van der Waals surface area (Å²) in [5, 5.41) is 2.58. The summed E-state index contributed by atoms with van der Waals surface area (Å²) in [6.07, 6.45) is 0.443. The van der Waals surface area contributed by atoms with Crippen molar-refractivity contribution in [3.05, 3.63) is 24.3 Å². The van der Waals surface area contributed by atoms with Gasteiger partial charge >= 0.3 is 6.03 Å². The third-order valence-corrected chi connectivity index (χ3v) is 1.91. The van der Waals surface area contributed by atoms with Crippen molar-refractivity contribution in [1.29, 1.82) is 0 Å². The summed E-state index contributed by atoms with van der Waals surface area (Å²) >= 11 is 0. The van der Waals surface area contributed by atoms with Gasteiger partial charge in [-0.05, 0) is 19.1 Å². The number of rotatable bonds is 4. The van der Waals surface area contributed by atoms with Crippen LogP contribution in [-0.4, -0.2) is 31.0 Å². The van der Waals surface area contributed by atoms with E-state index in [2.05, 4.69) is 5.32 Å². The Morgan fingerprint density at radius 2 is 2.19 bits per heavy atom. The lowest BCUT2D eigenvalue weighted by molar-refractivity contribution is -0.114. The topological polar surface area (TPSA) is 58.6 Å². The molecule has 1 rings (SSSR count). The van der Waals surface area contributed by atoms with Crippen molar-refractivity contribution in [2.75, 3.05) is 19.0 Å². The van der Waals surface area contributed by atoms with Gasteiger partial charge in [0.25, 0.3) is 0 Å². The van der Waals surface area contributed by atoms with Crippen molar-refractivity contribution in [2.45, 2.75) is 6.92 Å². The van der Waals surface area contributed by atoms with Crippen molar-refractivity contribution < 1.29 is 14.3 Å². The van der Waals surface area contributed by atoms with Crippen LogP contribution in [0.3, 0.4) is 0 Å². The summed E-state index contributed by atoms with van der Waals surface area (Å²) < 4.78 is 5.33. The van der Waals surface area contributed by atoms with E-state index in [0.29, 0.717) is 24.5 Å². The zero-order valence-electron chi connectivity index (χ0n) is 9.27. The van der Waals surface area contributed by atoms with E-state index in [1.165, 1.54) is 7.05 Å². The van der Waals surface area contributed by atoms with Gasteiger partial charge in [0.1, 0.15) is 5.75 Å². The molecule has 0 radical (unpaired) electrons. The third-order valence-electron chi connectivity index (χ3n) is 1.91. The number of benzene rings is 1. The average molecular weight is 222 g/mol.